The molecule has 150 valence electrons. The number of carboxylic acid groups (broad SMARTS) is 1. The van der Waals surface area contributed by atoms with Crippen LogP contribution in [0.4, 0.5) is 5.82 Å². The molecule has 8 heteroatoms. The molecule has 0 amide bonds. The van der Waals surface area contributed by atoms with Crippen molar-refractivity contribution in [3.8, 4) is 11.1 Å². The molecule has 0 aliphatic heterocycles. The molecule has 4 N–H and O–H groups in total. The highest BCUT2D eigenvalue weighted by Crippen LogP contribution is 2.40. The highest BCUT2D eigenvalue weighted by molar-refractivity contribution is 5.72. The van der Waals surface area contributed by atoms with Gasteiger partial charge in [-0.25, -0.2) is 4.98 Å². The van der Waals surface area contributed by atoms with E-state index in [1.54, 1.807) is 12.3 Å². The first kappa shape index (κ1) is 19.0. The second kappa shape index (κ2) is 8.38. The number of aromatic nitrogens is 5. The first-order chi connectivity index (χ1) is 14.1. The van der Waals surface area contributed by atoms with Gasteiger partial charge in [-0.05, 0) is 48.4 Å². The Morgan fingerprint density at radius 3 is 2.45 bits per heavy atom. The van der Waals surface area contributed by atoms with Crippen LogP contribution in [0.2, 0.25) is 0 Å². The molecule has 0 bridgehead atoms. The summed E-state index contributed by atoms with van der Waals surface area (Å²) in [6.07, 6.45) is 6.33. The molecule has 1 saturated carbocycles. The van der Waals surface area contributed by atoms with Gasteiger partial charge in [-0.1, -0.05) is 42.3 Å². The largest absolute Gasteiger partial charge is 0.481 e. The molecule has 29 heavy (non-hydrogen) atoms. The van der Waals surface area contributed by atoms with E-state index >= 15 is 0 Å². The molecule has 1 aliphatic rings. The summed E-state index contributed by atoms with van der Waals surface area (Å²) in [6, 6.07) is 11.8. The molecule has 4 rings (SSSR count). The molecule has 3 aromatic rings. The number of nitrogens with two attached hydrogens (primary N) is 1. The van der Waals surface area contributed by atoms with Crippen molar-refractivity contribution >= 4 is 11.8 Å². The number of aliphatic carboxylic acids is 1. The SMILES string of the molecule is Nc1ccc(-c2ccc(CC(c3nn[nH]n3)C(C(=O)O)C3CCCC3)cc2)cn1. The quantitative estimate of drug-likeness (QED) is 0.563. The number of nitrogens with zero attached hydrogens (tertiary/aromatic N) is 4. The summed E-state index contributed by atoms with van der Waals surface area (Å²) in [5, 5.41) is 24.4. The predicted octanol–water partition coefficient (Wildman–Crippen LogP) is 3.06. The van der Waals surface area contributed by atoms with E-state index in [1.165, 1.54) is 0 Å². The summed E-state index contributed by atoms with van der Waals surface area (Å²) in [5.41, 5.74) is 8.71. The number of carbonyl (C=O) groups is 1. The van der Waals surface area contributed by atoms with E-state index in [4.69, 9.17) is 5.73 Å². The standard InChI is InChI=1S/C21H24N6O2/c22-18-10-9-16(12-23-18)14-7-5-13(6-8-14)11-17(20-24-26-27-25-20)19(21(28)29)15-3-1-2-4-15/h5-10,12,15,17,19H,1-4,11H2,(H2,22,23)(H,28,29)(H,24,25,26,27). The van der Waals surface area contributed by atoms with Crippen LogP contribution in [-0.4, -0.2) is 36.7 Å². The third-order valence-corrected chi connectivity index (χ3v) is 5.85. The lowest BCUT2D eigenvalue weighted by Crippen LogP contribution is -2.30. The Kier molecular flexibility index (Phi) is 5.50. The number of H-pyrrole nitrogens is 1. The number of aromatic amines is 1. The predicted molar refractivity (Wildman–Crippen MR) is 108 cm³/mol. The molecule has 1 aromatic carbocycles. The number of tetrazole rings is 1. The molecule has 0 spiro atoms. The molecule has 1 fully saturated rings. The molecule has 8 nitrogen and oxygen atoms in total. The zero-order valence-corrected chi connectivity index (χ0v) is 16.0. The number of nitrogens with one attached hydrogen (secondary N) is 1. The van der Waals surface area contributed by atoms with Gasteiger partial charge in [0.1, 0.15) is 5.82 Å². The molecule has 2 unspecified atom stereocenters. The Bertz CT molecular complexity index is 934. The van der Waals surface area contributed by atoms with Crippen molar-refractivity contribution in [2.24, 2.45) is 11.8 Å². The van der Waals surface area contributed by atoms with Crippen molar-refractivity contribution < 1.29 is 9.90 Å². The maximum Gasteiger partial charge on any atom is 0.307 e. The van der Waals surface area contributed by atoms with E-state index < -0.39 is 11.9 Å². The average Bonchev–Trinajstić information content (AvgIpc) is 3.43. The van der Waals surface area contributed by atoms with Crippen LogP contribution in [0.25, 0.3) is 11.1 Å². The van der Waals surface area contributed by atoms with Gasteiger partial charge in [0.2, 0.25) is 0 Å². The summed E-state index contributed by atoms with van der Waals surface area (Å²) in [4.78, 5) is 16.3. The number of anilines is 1. The molecule has 0 saturated heterocycles. The first-order valence-corrected chi connectivity index (χ1v) is 9.89. The zero-order chi connectivity index (χ0) is 20.2. The van der Waals surface area contributed by atoms with Crippen LogP contribution in [-0.2, 0) is 11.2 Å². The summed E-state index contributed by atoms with van der Waals surface area (Å²) >= 11 is 0. The molecule has 1 aliphatic carbocycles. The normalized spacial score (nSPS) is 16.6. The summed E-state index contributed by atoms with van der Waals surface area (Å²) < 4.78 is 0. The molecular weight excluding hydrogens is 368 g/mol. The van der Waals surface area contributed by atoms with Gasteiger partial charge in [0, 0.05) is 17.7 Å². The van der Waals surface area contributed by atoms with Gasteiger partial charge in [0.15, 0.2) is 5.82 Å². The number of hydrogen-bond acceptors (Lipinski definition) is 6. The van der Waals surface area contributed by atoms with Gasteiger partial charge >= 0.3 is 5.97 Å². The van der Waals surface area contributed by atoms with Crippen LogP contribution >= 0.6 is 0 Å². The van der Waals surface area contributed by atoms with Crippen molar-refractivity contribution in [1.29, 1.82) is 0 Å². The second-order valence-electron chi connectivity index (χ2n) is 7.66. The van der Waals surface area contributed by atoms with Crippen LogP contribution in [0, 0.1) is 11.8 Å². The topological polar surface area (TPSA) is 131 Å². The van der Waals surface area contributed by atoms with E-state index in [0.29, 0.717) is 18.1 Å². The third kappa shape index (κ3) is 4.26. The van der Waals surface area contributed by atoms with Crippen LogP contribution < -0.4 is 5.73 Å². The van der Waals surface area contributed by atoms with E-state index in [2.05, 4.69) is 25.6 Å². The van der Waals surface area contributed by atoms with Crippen molar-refractivity contribution in [2.75, 3.05) is 5.73 Å². The fourth-order valence-electron chi connectivity index (χ4n) is 4.39. The minimum Gasteiger partial charge on any atom is -0.481 e. The summed E-state index contributed by atoms with van der Waals surface area (Å²) in [5.74, 6) is -0.516. The molecule has 2 atom stereocenters. The smallest absolute Gasteiger partial charge is 0.307 e. The van der Waals surface area contributed by atoms with Crippen molar-refractivity contribution in [2.45, 2.75) is 38.0 Å². The Morgan fingerprint density at radius 2 is 1.86 bits per heavy atom. The highest BCUT2D eigenvalue weighted by Gasteiger charge is 2.39. The van der Waals surface area contributed by atoms with Gasteiger partial charge in [-0.3, -0.25) is 4.79 Å². The van der Waals surface area contributed by atoms with Gasteiger partial charge in [0.25, 0.3) is 0 Å². The van der Waals surface area contributed by atoms with Crippen LogP contribution in [0.3, 0.4) is 0 Å². The number of nitrogen functional groups attached to an aromatic ring is 1. The molecular formula is C21H24N6O2. The number of benzene rings is 1. The monoisotopic (exact) mass is 392 g/mol. The number of pyridine rings is 1. The van der Waals surface area contributed by atoms with E-state index in [1.807, 2.05) is 30.3 Å². The van der Waals surface area contributed by atoms with Gasteiger partial charge < -0.3 is 10.8 Å². The fraction of sp³-hybridized carbons (Fsp3) is 0.381. The van der Waals surface area contributed by atoms with Crippen LogP contribution in [0.1, 0.15) is 43.0 Å². The number of rotatable bonds is 7. The van der Waals surface area contributed by atoms with E-state index in [0.717, 1.165) is 42.4 Å². The Labute approximate surface area is 168 Å². The number of carboxylic acids is 1. The third-order valence-electron chi connectivity index (χ3n) is 5.85. The van der Waals surface area contributed by atoms with E-state index in [-0.39, 0.29) is 11.8 Å². The van der Waals surface area contributed by atoms with E-state index in [9.17, 15) is 9.90 Å². The zero-order valence-electron chi connectivity index (χ0n) is 16.0. The first-order valence-electron chi connectivity index (χ1n) is 9.89. The minimum atomic E-state index is -0.781. The average molecular weight is 392 g/mol. The Morgan fingerprint density at radius 1 is 1.14 bits per heavy atom. The maximum absolute atomic E-state index is 12.2. The Balaban J connectivity index is 1.59. The highest BCUT2D eigenvalue weighted by atomic mass is 16.4. The summed E-state index contributed by atoms with van der Waals surface area (Å²) in [6.45, 7) is 0. The van der Waals surface area contributed by atoms with Gasteiger partial charge in [-0.15, -0.1) is 10.2 Å². The molecule has 0 radical (unpaired) electrons. The maximum atomic E-state index is 12.2. The van der Waals surface area contributed by atoms with Gasteiger partial charge in [-0.2, -0.15) is 5.21 Å². The van der Waals surface area contributed by atoms with Crippen LogP contribution in [0.5, 0.6) is 0 Å². The van der Waals surface area contributed by atoms with Crippen molar-refractivity contribution in [1.82, 2.24) is 25.6 Å². The lowest BCUT2D eigenvalue weighted by Gasteiger charge is -2.26. The Hall–Kier alpha value is -3.29. The van der Waals surface area contributed by atoms with Gasteiger partial charge in [0.05, 0.1) is 5.92 Å². The fourth-order valence-corrected chi connectivity index (χ4v) is 4.39. The van der Waals surface area contributed by atoms with Crippen molar-refractivity contribution in [3.63, 3.8) is 0 Å². The lowest BCUT2D eigenvalue weighted by molar-refractivity contribution is -0.144. The second-order valence-corrected chi connectivity index (χ2v) is 7.66. The van der Waals surface area contributed by atoms with Crippen LogP contribution in [0.15, 0.2) is 42.6 Å². The minimum absolute atomic E-state index is 0.149. The molecule has 2 aromatic heterocycles. The summed E-state index contributed by atoms with van der Waals surface area (Å²) in [7, 11) is 0. The van der Waals surface area contributed by atoms with Crippen molar-refractivity contribution in [3.05, 3.63) is 54.0 Å². The number of hydrogen-bond donors (Lipinski definition) is 3. The lowest BCUT2D eigenvalue weighted by atomic mass is 9.77. The molecule has 2 heterocycles.